The van der Waals surface area contributed by atoms with Crippen molar-refractivity contribution in [3.63, 3.8) is 0 Å². The van der Waals surface area contributed by atoms with E-state index in [1.807, 2.05) is 50.4 Å². The maximum Gasteiger partial charge on any atom is 0.251 e. The van der Waals surface area contributed by atoms with E-state index in [0.717, 1.165) is 29.1 Å². The van der Waals surface area contributed by atoms with Gasteiger partial charge < -0.3 is 11.1 Å². The first-order valence-corrected chi connectivity index (χ1v) is 8.45. The highest BCUT2D eigenvalue weighted by atomic mass is 35.5. The number of amides is 1. The first-order chi connectivity index (χ1) is 10.5. The quantitative estimate of drug-likeness (QED) is 0.777. The summed E-state index contributed by atoms with van der Waals surface area (Å²) in [7, 11) is 0. The summed E-state index contributed by atoms with van der Waals surface area (Å²) in [6.07, 6.45) is 1.67. The van der Waals surface area contributed by atoms with Gasteiger partial charge in [-0.05, 0) is 31.9 Å². The van der Waals surface area contributed by atoms with E-state index in [1.54, 1.807) is 11.3 Å². The largest absolute Gasteiger partial charge is 0.350 e. The minimum atomic E-state index is -0.334. The van der Waals surface area contributed by atoms with Crippen molar-refractivity contribution in [2.24, 2.45) is 5.73 Å². The zero-order valence-electron chi connectivity index (χ0n) is 14.2. The third kappa shape index (κ3) is 5.74. The zero-order valence-corrected chi connectivity index (χ0v) is 16.6. The molecule has 1 aromatic carbocycles. The fourth-order valence-corrected chi connectivity index (χ4v) is 2.80. The second kappa shape index (κ2) is 9.99. The Morgan fingerprint density at radius 2 is 1.96 bits per heavy atom. The van der Waals surface area contributed by atoms with Gasteiger partial charge in [0.25, 0.3) is 5.91 Å². The van der Waals surface area contributed by atoms with Crippen molar-refractivity contribution in [1.29, 1.82) is 0 Å². The van der Waals surface area contributed by atoms with Gasteiger partial charge in [0.1, 0.15) is 0 Å². The van der Waals surface area contributed by atoms with Gasteiger partial charge in [0.05, 0.1) is 10.7 Å². The average molecular weight is 390 g/mol. The Bertz CT molecular complexity index is 657. The van der Waals surface area contributed by atoms with Crippen molar-refractivity contribution in [2.75, 3.05) is 6.54 Å². The minimum Gasteiger partial charge on any atom is -0.350 e. The van der Waals surface area contributed by atoms with Crippen molar-refractivity contribution in [3.05, 3.63) is 40.2 Å². The highest BCUT2D eigenvalue weighted by molar-refractivity contribution is 7.09. The summed E-state index contributed by atoms with van der Waals surface area (Å²) in [6, 6.07) is 7.54. The van der Waals surface area contributed by atoms with E-state index in [1.165, 1.54) is 0 Å². The van der Waals surface area contributed by atoms with E-state index in [-0.39, 0.29) is 36.3 Å². The van der Waals surface area contributed by atoms with Crippen LogP contribution >= 0.6 is 36.2 Å². The predicted molar refractivity (Wildman–Crippen MR) is 107 cm³/mol. The second-order valence-electron chi connectivity index (χ2n) is 5.58. The lowest BCUT2D eigenvalue weighted by atomic mass is 9.94. The molecule has 2 aromatic rings. The number of thiazole rings is 1. The van der Waals surface area contributed by atoms with Crippen LogP contribution in [0, 0.1) is 6.92 Å². The number of benzene rings is 1. The van der Waals surface area contributed by atoms with Gasteiger partial charge in [-0.2, -0.15) is 0 Å². The summed E-state index contributed by atoms with van der Waals surface area (Å²) in [6.45, 7) is 6.54. The van der Waals surface area contributed by atoms with Gasteiger partial charge >= 0.3 is 0 Å². The number of rotatable bonds is 6. The smallest absolute Gasteiger partial charge is 0.251 e. The Hall–Kier alpha value is -1.14. The fourth-order valence-electron chi connectivity index (χ4n) is 2.17. The molecule has 0 aliphatic heterocycles. The molecule has 1 aromatic heterocycles. The van der Waals surface area contributed by atoms with Crippen molar-refractivity contribution in [3.8, 4) is 11.3 Å². The molecule has 0 radical (unpaired) electrons. The van der Waals surface area contributed by atoms with Gasteiger partial charge in [0.2, 0.25) is 0 Å². The molecule has 0 fully saturated rings. The summed E-state index contributed by atoms with van der Waals surface area (Å²) in [5.74, 6) is -0.0921. The van der Waals surface area contributed by atoms with Crippen LogP contribution < -0.4 is 11.1 Å². The molecule has 7 heteroatoms. The molecule has 134 valence electrons. The normalized spacial score (nSPS) is 10.5. The second-order valence-corrected chi connectivity index (χ2v) is 6.65. The topological polar surface area (TPSA) is 68.0 Å². The van der Waals surface area contributed by atoms with E-state index in [9.17, 15) is 4.79 Å². The fraction of sp³-hybridized carbons (Fsp3) is 0.412. The van der Waals surface area contributed by atoms with Crippen molar-refractivity contribution in [1.82, 2.24) is 10.3 Å². The molecule has 0 spiro atoms. The molecular formula is C17H25Cl2N3OS. The first-order valence-electron chi connectivity index (χ1n) is 7.57. The lowest BCUT2D eigenvalue weighted by molar-refractivity contribution is 0.0942. The molecule has 1 amide bonds. The molecule has 3 N–H and O–H groups in total. The summed E-state index contributed by atoms with van der Waals surface area (Å²) in [5.41, 5.74) is 8.40. The lowest BCUT2D eigenvalue weighted by Crippen LogP contribution is -2.49. The lowest BCUT2D eigenvalue weighted by Gasteiger charge is -2.26. The Balaban J connectivity index is 0.00000264. The standard InChI is InChI=1S/C17H23N3OS.2ClH/c1-4-17(18,5-2)11-19-16(21)14-8-6-7-13(9-14)15-10-22-12(3)20-15;;/h6-10H,4-5,11,18H2,1-3H3,(H,19,21);2*1H. The Morgan fingerprint density at radius 3 is 2.50 bits per heavy atom. The van der Waals surface area contributed by atoms with Crippen LogP contribution in [0.25, 0.3) is 11.3 Å². The Kier molecular flexibility index (Phi) is 9.51. The minimum absolute atomic E-state index is 0. The van der Waals surface area contributed by atoms with Crippen LogP contribution in [-0.4, -0.2) is 23.0 Å². The molecule has 24 heavy (non-hydrogen) atoms. The molecule has 0 saturated carbocycles. The summed E-state index contributed by atoms with van der Waals surface area (Å²) in [4.78, 5) is 16.8. The number of carbonyl (C=O) groups excluding carboxylic acids is 1. The Morgan fingerprint density at radius 1 is 1.29 bits per heavy atom. The average Bonchev–Trinajstić information content (AvgIpc) is 2.99. The van der Waals surface area contributed by atoms with Gasteiger partial charge in [-0.25, -0.2) is 4.98 Å². The number of nitrogens with two attached hydrogens (primary N) is 1. The maximum atomic E-state index is 12.3. The van der Waals surface area contributed by atoms with E-state index >= 15 is 0 Å². The maximum absolute atomic E-state index is 12.3. The number of halogens is 2. The van der Waals surface area contributed by atoms with Gasteiger partial charge in [-0.3, -0.25) is 4.79 Å². The third-order valence-electron chi connectivity index (χ3n) is 4.05. The van der Waals surface area contributed by atoms with Crippen LogP contribution in [0.5, 0.6) is 0 Å². The van der Waals surface area contributed by atoms with Gasteiger partial charge in [0, 0.05) is 28.6 Å². The van der Waals surface area contributed by atoms with Crippen molar-refractivity contribution < 1.29 is 4.79 Å². The Labute approximate surface area is 160 Å². The highest BCUT2D eigenvalue weighted by Crippen LogP contribution is 2.22. The molecule has 4 nitrogen and oxygen atoms in total. The molecule has 0 aliphatic carbocycles. The number of hydrogen-bond acceptors (Lipinski definition) is 4. The van der Waals surface area contributed by atoms with Crippen LogP contribution in [0.15, 0.2) is 29.6 Å². The number of nitrogens with zero attached hydrogens (tertiary/aromatic N) is 1. The molecule has 0 saturated heterocycles. The predicted octanol–water partition coefficient (Wildman–Crippen LogP) is 4.21. The summed E-state index contributed by atoms with van der Waals surface area (Å²) < 4.78 is 0. The molecule has 0 unspecified atom stereocenters. The van der Waals surface area contributed by atoms with Crippen LogP contribution in [0.4, 0.5) is 0 Å². The number of carbonyl (C=O) groups is 1. The molecule has 1 heterocycles. The molecule has 2 rings (SSSR count). The number of aromatic nitrogens is 1. The summed E-state index contributed by atoms with van der Waals surface area (Å²) in [5, 5.41) is 5.97. The van der Waals surface area contributed by atoms with Crippen LogP contribution in [-0.2, 0) is 0 Å². The van der Waals surface area contributed by atoms with Crippen molar-refractivity contribution >= 4 is 42.1 Å². The van der Waals surface area contributed by atoms with Crippen molar-refractivity contribution in [2.45, 2.75) is 39.2 Å². The number of hydrogen-bond donors (Lipinski definition) is 2. The number of nitrogens with one attached hydrogen (secondary N) is 1. The van der Waals surface area contributed by atoms with Gasteiger partial charge in [-0.1, -0.05) is 26.0 Å². The molecular weight excluding hydrogens is 365 g/mol. The van der Waals surface area contributed by atoms with Crippen LogP contribution in [0.3, 0.4) is 0 Å². The van der Waals surface area contributed by atoms with E-state index < -0.39 is 0 Å². The molecule has 0 bridgehead atoms. The third-order valence-corrected chi connectivity index (χ3v) is 4.82. The van der Waals surface area contributed by atoms with E-state index in [0.29, 0.717) is 12.1 Å². The van der Waals surface area contributed by atoms with Gasteiger partial charge in [-0.15, -0.1) is 36.2 Å². The molecule has 0 aliphatic rings. The monoisotopic (exact) mass is 389 g/mol. The number of aryl methyl sites for hydroxylation is 1. The van der Waals surface area contributed by atoms with E-state index in [2.05, 4.69) is 10.3 Å². The van der Waals surface area contributed by atoms with Crippen LogP contribution in [0.1, 0.15) is 42.1 Å². The van der Waals surface area contributed by atoms with E-state index in [4.69, 9.17) is 5.73 Å². The zero-order chi connectivity index (χ0) is 16.2. The first kappa shape index (κ1) is 22.9. The SMILES string of the molecule is CCC(N)(CC)CNC(=O)c1cccc(-c2csc(C)n2)c1.Cl.Cl. The van der Waals surface area contributed by atoms with Gasteiger partial charge in [0.15, 0.2) is 0 Å². The van der Waals surface area contributed by atoms with Crippen LogP contribution in [0.2, 0.25) is 0 Å². The molecule has 0 atom stereocenters. The summed E-state index contributed by atoms with van der Waals surface area (Å²) >= 11 is 1.60. The highest BCUT2D eigenvalue weighted by Gasteiger charge is 2.21.